The molecule has 3 aromatic rings. The van der Waals surface area contributed by atoms with Gasteiger partial charge in [0.1, 0.15) is 5.82 Å². The summed E-state index contributed by atoms with van der Waals surface area (Å²) in [5, 5.41) is 1.58. The molecule has 1 fully saturated rings. The van der Waals surface area contributed by atoms with Crippen LogP contribution in [0.25, 0.3) is 12.2 Å². The van der Waals surface area contributed by atoms with Gasteiger partial charge in [0.05, 0.1) is 0 Å². The molecule has 0 aliphatic heterocycles. The lowest BCUT2D eigenvalue weighted by molar-refractivity contribution is 0.627. The molecule has 1 saturated carbocycles. The lowest BCUT2D eigenvalue weighted by atomic mass is 10.0. The summed E-state index contributed by atoms with van der Waals surface area (Å²) >= 11 is 4.27. The first-order valence-corrected chi connectivity index (χ1v) is 11.8. The number of nitrogens with two attached hydrogens (primary N) is 1. The number of hydrogen-bond acceptors (Lipinski definition) is 2. The van der Waals surface area contributed by atoms with E-state index < -0.39 is 0 Å². The van der Waals surface area contributed by atoms with Crippen molar-refractivity contribution in [3.8, 4) is 0 Å². The predicted octanol–water partition coefficient (Wildman–Crippen LogP) is 9.17. The molecule has 178 valence electrons. The van der Waals surface area contributed by atoms with Crippen LogP contribution in [0.4, 0.5) is 10.1 Å². The third-order valence-corrected chi connectivity index (χ3v) is 5.01. The van der Waals surface area contributed by atoms with Gasteiger partial charge in [-0.3, -0.25) is 0 Å². The third-order valence-electron chi connectivity index (χ3n) is 5.01. The Balaban J connectivity index is 0.000000259. The van der Waals surface area contributed by atoms with E-state index in [-0.39, 0.29) is 5.82 Å². The molecule has 0 radical (unpaired) electrons. The van der Waals surface area contributed by atoms with Crippen molar-refractivity contribution >= 4 is 35.4 Å². The molecule has 0 saturated heterocycles. The molecule has 1 aliphatic carbocycles. The van der Waals surface area contributed by atoms with E-state index in [9.17, 15) is 4.39 Å². The Labute approximate surface area is 210 Å². The molecule has 2 N–H and O–H groups in total. The number of rotatable bonds is 2. The summed E-state index contributed by atoms with van der Waals surface area (Å²) in [4.78, 5) is 0. The summed E-state index contributed by atoms with van der Waals surface area (Å²) in [7, 11) is 0. The van der Waals surface area contributed by atoms with E-state index in [0.717, 1.165) is 17.7 Å². The lowest BCUT2D eigenvalue weighted by Gasteiger charge is -2.03. The van der Waals surface area contributed by atoms with E-state index in [1.807, 2.05) is 57.2 Å². The molecule has 0 spiro atoms. The summed E-state index contributed by atoms with van der Waals surface area (Å²) in [5.74, 6) is -0.171. The molecule has 0 amide bonds. The van der Waals surface area contributed by atoms with Crippen LogP contribution in [0.2, 0.25) is 0 Å². The Morgan fingerprint density at radius 1 is 0.853 bits per heavy atom. The molecule has 3 heteroatoms. The van der Waals surface area contributed by atoms with Gasteiger partial charge in [-0.2, -0.15) is 0 Å². The minimum Gasteiger partial charge on any atom is -0.399 e. The van der Waals surface area contributed by atoms with Crippen molar-refractivity contribution in [1.29, 1.82) is 0 Å². The highest BCUT2D eigenvalue weighted by Gasteiger charge is 2.11. The molecule has 0 heterocycles. The molecule has 0 unspecified atom stereocenters. The van der Waals surface area contributed by atoms with Gasteiger partial charge < -0.3 is 5.73 Å². The number of allylic oxidation sites excluding steroid dienone is 2. The zero-order valence-corrected chi connectivity index (χ0v) is 21.4. The number of nitrogen functional groups attached to an aromatic ring is 1. The molecular formula is C31H36FNS. The van der Waals surface area contributed by atoms with E-state index in [1.165, 1.54) is 52.8 Å². The molecular weight excluding hydrogens is 437 g/mol. The highest BCUT2D eigenvalue weighted by atomic mass is 32.1. The summed E-state index contributed by atoms with van der Waals surface area (Å²) in [6.45, 7) is 13.7. The highest BCUT2D eigenvalue weighted by Crippen LogP contribution is 2.31. The van der Waals surface area contributed by atoms with Crippen molar-refractivity contribution in [2.75, 3.05) is 5.73 Å². The third kappa shape index (κ3) is 11.5. The summed E-state index contributed by atoms with van der Waals surface area (Å²) < 4.78 is 12.1. The maximum atomic E-state index is 12.1. The van der Waals surface area contributed by atoms with Crippen LogP contribution < -0.4 is 5.73 Å². The van der Waals surface area contributed by atoms with Crippen molar-refractivity contribution < 1.29 is 4.39 Å². The van der Waals surface area contributed by atoms with E-state index in [0.29, 0.717) is 0 Å². The van der Waals surface area contributed by atoms with Crippen LogP contribution in [-0.4, -0.2) is 5.37 Å². The second kappa shape index (κ2) is 16.3. The van der Waals surface area contributed by atoms with Gasteiger partial charge in [-0.05, 0) is 86.4 Å². The average Bonchev–Trinajstić information content (AvgIpc) is 3.24. The van der Waals surface area contributed by atoms with Gasteiger partial charge in [-0.25, -0.2) is 4.39 Å². The van der Waals surface area contributed by atoms with Crippen LogP contribution in [0.15, 0.2) is 97.1 Å². The van der Waals surface area contributed by atoms with E-state index in [1.54, 1.807) is 17.5 Å². The number of benzene rings is 3. The minimum atomic E-state index is -0.171. The fraction of sp³-hybridized carbons (Fsp3) is 0.194. The standard InChI is InChI=1S/C15H16.C7H7F.C7H9N.C2H4S/c1-3-13-8-4-5-9-15(13)11-14-10-6-7-12(14)2;2*1-6-2-4-7(8)5-3-6;1-2-3/h3-5,8-9,11H,1-2,6-7,10H2;2-5H,1H3;2-5H,8H2,1H3;2H,1H3/b14-11+;;;. The van der Waals surface area contributed by atoms with Crippen molar-refractivity contribution in [2.24, 2.45) is 0 Å². The van der Waals surface area contributed by atoms with Crippen LogP contribution in [-0.2, 0) is 0 Å². The predicted molar refractivity (Wildman–Crippen MR) is 154 cm³/mol. The van der Waals surface area contributed by atoms with Crippen LogP contribution in [0, 0.1) is 19.7 Å². The Morgan fingerprint density at radius 2 is 1.35 bits per heavy atom. The topological polar surface area (TPSA) is 26.0 Å². The zero-order valence-electron chi connectivity index (χ0n) is 20.6. The van der Waals surface area contributed by atoms with E-state index in [2.05, 4.69) is 49.7 Å². The largest absolute Gasteiger partial charge is 0.399 e. The first-order chi connectivity index (χ1) is 16.3. The van der Waals surface area contributed by atoms with Gasteiger partial charge in [0.2, 0.25) is 0 Å². The quantitative estimate of drug-likeness (QED) is 0.296. The number of halogens is 1. The molecule has 1 aliphatic rings. The molecule has 1 nitrogen and oxygen atoms in total. The van der Waals surface area contributed by atoms with Crippen molar-refractivity contribution in [1.82, 2.24) is 0 Å². The average molecular weight is 474 g/mol. The van der Waals surface area contributed by atoms with Gasteiger partial charge in [0, 0.05) is 5.69 Å². The summed E-state index contributed by atoms with van der Waals surface area (Å²) in [5.41, 5.74) is 13.8. The Hall–Kier alpha value is -3.30. The van der Waals surface area contributed by atoms with Gasteiger partial charge in [-0.15, -0.1) is 0 Å². The summed E-state index contributed by atoms with van der Waals surface area (Å²) in [6.07, 6.45) is 7.74. The number of thiocarbonyl (C=S) groups is 1. The number of aryl methyl sites for hydroxylation is 2. The van der Waals surface area contributed by atoms with Gasteiger partial charge in [0.25, 0.3) is 0 Å². The van der Waals surface area contributed by atoms with Crippen LogP contribution in [0.1, 0.15) is 48.4 Å². The Kier molecular flexibility index (Phi) is 13.8. The van der Waals surface area contributed by atoms with Crippen molar-refractivity contribution in [3.05, 3.63) is 125 Å². The smallest absolute Gasteiger partial charge is 0.123 e. The highest BCUT2D eigenvalue weighted by molar-refractivity contribution is 7.78. The molecule has 3 aromatic carbocycles. The van der Waals surface area contributed by atoms with Crippen molar-refractivity contribution in [2.45, 2.75) is 40.0 Å². The molecule has 0 aromatic heterocycles. The maximum Gasteiger partial charge on any atom is 0.123 e. The van der Waals surface area contributed by atoms with Crippen molar-refractivity contribution in [3.63, 3.8) is 0 Å². The molecule has 34 heavy (non-hydrogen) atoms. The zero-order chi connectivity index (χ0) is 25.3. The van der Waals surface area contributed by atoms with Gasteiger partial charge >= 0.3 is 0 Å². The van der Waals surface area contributed by atoms with E-state index in [4.69, 9.17) is 5.73 Å². The van der Waals surface area contributed by atoms with Gasteiger partial charge in [0.15, 0.2) is 0 Å². The van der Waals surface area contributed by atoms with E-state index >= 15 is 0 Å². The Bertz CT molecular complexity index is 978. The fourth-order valence-electron chi connectivity index (χ4n) is 3.12. The first kappa shape index (κ1) is 28.7. The summed E-state index contributed by atoms with van der Waals surface area (Å²) in [6, 6.07) is 22.5. The van der Waals surface area contributed by atoms with Crippen LogP contribution in [0.3, 0.4) is 0 Å². The van der Waals surface area contributed by atoms with Crippen LogP contribution >= 0.6 is 12.2 Å². The van der Waals surface area contributed by atoms with Gasteiger partial charge in [-0.1, -0.05) is 103 Å². The second-order valence-electron chi connectivity index (χ2n) is 7.90. The monoisotopic (exact) mass is 473 g/mol. The second-order valence-corrected chi connectivity index (χ2v) is 8.37. The fourth-order valence-corrected chi connectivity index (χ4v) is 3.12. The first-order valence-electron chi connectivity index (χ1n) is 11.3. The molecule has 0 atom stereocenters. The lowest BCUT2D eigenvalue weighted by Crippen LogP contribution is -1.82. The molecule has 0 bridgehead atoms. The van der Waals surface area contributed by atoms with Crippen LogP contribution in [0.5, 0.6) is 0 Å². The SMILES string of the molecule is C=Cc1ccccc1/C=C1\CCCC1=C.CC=S.Cc1ccc(F)cc1.Cc1ccc(N)cc1. The Morgan fingerprint density at radius 3 is 1.76 bits per heavy atom. The number of anilines is 1. The normalized spacial score (nSPS) is 12.8. The number of hydrogen-bond donors (Lipinski definition) is 1. The molecule has 4 rings (SSSR count). The minimum absolute atomic E-state index is 0.171. The maximum absolute atomic E-state index is 12.1.